The van der Waals surface area contributed by atoms with Crippen molar-refractivity contribution in [1.82, 2.24) is 25.0 Å². The van der Waals surface area contributed by atoms with Crippen molar-refractivity contribution in [2.45, 2.75) is 25.8 Å². The van der Waals surface area contributed by atoms with E-state index in [0.29, 0.717) is 41.2 Å². The molecule has 0 fully saturated rings. The molecule has 3 aromatic rings. The smallest absolute Gasteiger partial charge is 0.329 e. The van der Waals surface area contributed by atoms with Gasteiger partial charge < -0.3 is 14.8 Å². The summed E-state index contributed by atoms with van der Waals surface area (Å²) in [5, 5.41) is 6.83. The Hall–Kier alpha value is -2.88. The summed E-state index contributed by atoms with van der Waals surface area (Å²) in [5.41, 5.74) is -0.629. The van der Waals surface area contributed by atoms with Crippen LogP contribution in [0.4, 0.5) is 0 Å². The Balaban J connectivity index is 1.85. The Kier molecular flexibility index (Phi) is 6.30. The van der Waals surface area contributed by atoms with Crippen molar-refractivity contribution in [1.29, 1.82) is 0 Å². The van der Waals surface area contributed by atoms with E-state index < -0.39 is 23.2 Å². The number of H-pyrrole nitrogens is 1. The number of nitrogens with one attached hydrogen (secondary N) is 2. The maximum atomic E-state index is 12.9. The van der Waals surface area contributed by atoms with Gasteiger partial charge in [-0.05, 0) is 37.5 Å². The number of para-hydroxylation sites is 1. The fourth-order valence-electron chi connectivity index (χ4n) is 2.92. The molecule has 28 heavy (non-hydrogen) atoms. The topological polar surface area (TPSA) is 123 Å². The first-order chi connectivity index (χ1) is 13.5. The lowest BCUT2D eigenvalue weighted by Crippen LogP contribution is -2.45. The van der Waals surface area contributed by atoms with E-state index in [1.807, 2.05) is 6.26 Å². The van der Waals surface area contributed by atoms with Gasteiger partial charge in [-0.15, -0.1) is 0 Å². The highest BCUT2D eigenvalue weighted by Gasteiger charge is 2.24. The van der Waals surface area contributed by atoms with Gasteiger partial charge in [0.1, 0.15) is 6.04 Å². The number of nitrogens with zero attached hydrogens (tertiary/aromatic N) is 3. The third-order valence-electron chi connectivity index (χ3n) is 4.25. The van der Waals surface area contributed by atoms with Gasteiger partial charge >= 0.3 is 5.69 Å². The Morgan fingerprint density at radius 3 is 2.86 bits per heavy atom. The summed E-state index contributed by atoms with van der Waals surface area (Å²) >= 11 is 1.54. The second kappa shape index (κ2) is 8.87. The number of aryl methyl sites for hydroxylation is 1. The molecule has 2 heterocycles. The van der Waals surface area contributed by atoms with E-state index in [-0.39, 0.29) is 6.54 Å². The molecule has 0 aliphatic heterocycles. The number of benzene rings is 1. The second-order valence-corrected chi connectivity index (χ2v) is 7.21. The summed E-state index contributed by atoms with van der Waals surface area (Å²) < 4.78 is 6.02. The number of amides is 1. The molecule has 0 saturated carbocycles. The van der Waals surface area contributed by atoms with Crippen molar-refractivity contribution in [3.05, 3.63) is 56.8 Å². The number of thioether (sulfide) groups is 1. The molecule has 1 unspecified atom stereocenters. The zero-order valence-corrected chi connectivity index (χ0v) is 16.4. The van der Waals surface area contributed by atoms with Gasteiger partial charge in [-0.2, -0.15) is 16.7 Å². The number of rotatable bonds is 8. The molecule has 0 spiro atoms. The van der Waals surface area contributed by atoms with Crippen LogP contribution in [0.15, 0.2) is 38.4 Å². The van der Waals surface area contributed by atoms with Crippen LogP contribution in [0.2, 0.25) is 0 Å². The van der Waals surface area contributed by atoms with Crippen LogP contribution in [-0.4, -0.2) is 44.2 Å². The highest BCUT2D eigenvalue weighted by Crippen LogP contribution is 2.13. The van der Waals surface area contributed by atoms with Crippen LogP contribution in [0.3, 0.4) is 0 Å². The largest absolute Gasteiger partial charge is 0.354 e. The Morgan fingerprint density at radius 2 is 2.14 bits per heavy atom. The van der Waals surface area contributed by atoms with Crippen molar-refractivity contribution in [3.63, 3.8) is 0 Å². The molecule has 0 bridgehead atoms. The van der Waals surface area contributed by atoms with E-state index in [9.17, 15) is 14.4 Å². The minimum Gasteiger partial charge on any atom is -0.354 e. The summed E-state index contributed by atoms with van der Waals surface area (Å²) in [5.74, 6) is 1.17. The molecule has 2 aromatic heterocycles. The fourth-order valence-corrected chi connectivity index (χ4v) is 3.38. The SMILES string of the molecule is CSCCC(C(=O)NCCc1nc(C)no1)n1c(=O)[nH]c2ccccc2c1=O. The minimum atomic E-state index is -0.905. The highest BCUT2D eigenvalue weighted by atomic mass is 32.2. The van der Waals surface area contributed by atoms with Crippen molar-refractivity contribution in [3.8, 4) is 0 Å². The van der Waals surface area contributed by atoms with E-state index in [2.05, 4.69) is 20.4 Å². The molecular formula is C18H21N5O4S. The minimum absolute atomic E-state index is 0.260. The molecule has 0 aliphatic rings. The molecule has 0 aliphatic carbocycles. The lowest BCUT2D eigenvalue weighted by Gasteiger charge is -2.18. The fraction of sp³-hybridized carbons (Fsp3) is 0.389. The van der Waals surface area contributed by atoms with E-state index in [1.165, 1.54) is 11.8 Å². The summed E-state index contributed by atoms with van der Waals surface area (Å²) in [6.07, 6.45) is 2.62. The molecule has 2 N–H and O–H groups in total. The molecule has 148 valence electrons. The molecule has 3 rings (SSSR count). The van der Waals surface area contributed by atoms with E-state index in [4.69, 9.17) is 4.52 Å². The first-order valence-corrected chi connectivity index (χ1v) is 10.2. The molecule has 1 atom stereocenters. The molecule has 10 heteroatoms. The summed E-state index contributed by atoms with van der Waals surface area (Å²) in [4.78, 5) is 45.0. The molecule has 0 saturated heterocycles. The van der Waals surface area contributed by atoms with E-state index >= 15 is 0 Å². The first-order valence-electron chi connectivity index (χ1n) is 8.80. The Labute approximate surface area is 164 Å². The molecule has 1 amide bonds. The van der Waals surface area contributed by atoms with Gasteiger partial charge in [-0.3, -0.25) is 9.59 Å². The van der Waals surface area contributed by atoms with Crippen LogP contribution in [0.1, 0.15) is 24.2 Å². The van der Waals surface area contributed by atoms with Crippen molar-refractivity contribution in [2.24, 2.45) is 0 Å². The Morgan fingerprint density at radius 1 is 1.36 bits per heavy atom. The van der Waals surface area contributed by atoms with Crippen LogP contribution in [0.5, 0.6) is 0 Å². The number of hydrogen-bond acceptors (Lipinski definition) is 7. The van der Waals surface area contributed by atoms with Gasteiger partial charge in [0.25, 0.3) is 5.56 Å². The number of carbonyl (C=O) groups is 1. The number of hydrogen-bond donors (Lipinski definition) is 2. The highest BCUT2D eigenvalue weighted by molar-refractivity contribution is 7.98. The van der Waals surface area contributed by atoms with E-state index in [1.54, 1.807) is 31.2 Å². The zero-order valence-electron chi connectivity index (χ0n) is 15.6. The van der Waals surface area contributed by atoms with Gasteiger partial charge in [0.15, 0.2) is 5.82 Å². The number of aromatic amines is 1. The number of aromatic nitrogens is 4. The summed E-state index contributed by atoms with van der Waals surface area (Å²) in [6, 6.07) is 5.84. The predicted octanol–water partition coefficient (Wildman–Crippen LogP) is 1.03. The van der Waals surface area contributed by atoms with Crippen molar-refractivity contribution >= 4 is 28.6 Å². The van der Waals surface area contributed by atoms with Crippen molar-refractivity contribution in [2.75, 3.05) is 18.6 Å². The standard InChI is InChI=1S/C18H21N5O4S/c1-11-20-15(27-22-11)7-9-19-16(24)14(8-10-28-2)23-17(25)12-5-3-4-6-13(12)21-18(23)26/h3-6,14H,7-10H2,1-2H3,(H,19,24)(H,21,26). The third-order valence-corrected chi connectivity index (χ3v) is 4.90. The van der Waals surface area contributed by atoms with Gasteiger partial charge in [0.2, 0.25) is 11.8 Å². The normalized spacial score (nSPS) is 12.2. The zero-order chi connectivity index (χ0) is 20.1. The van der Waals surface area contributed by atoms with Crippen LogP contribution in [0, 0.1) is 6.92 Å². The lowest BCUT2D eigenvalue weighted by molar-refractivity contribution is -0.124. The van der Waals surface area contributed by atoms with Gasteiger partial charge in [-0.25, -0.2) is 9.36 Å². The monoisotopic (exact) mass is 403 g/mol. The maximum Gasteiger partial charge on any atom is 0.329 e. The third kappa shape index (κ3) is 4.33. The predicted molar refractivity (Wildman–Crippen MR) is 107 cm³/mol. The first kappa shape index (κ1) is 19.9. The number of fused-ring (bicyclic) bond motifs is 1. The van der Waals surface area contributed by atoms with Gasteiger partial charge in [0, 0.05) is 13.0 Å². The Bertz CT molecular complexity index is 1090. The average Bonchev–Trinajstić information content (AvgIpc) is 3.09. The van der Waals surface area contributed by atoms with Crippen LogP contribution >= 0.6 is 11.8 Å². The quantitative estimate of drug-likeness (QED) is 0.576. The van der Waals surface area contributed by atoms with Gasteiger partial charge in [-0.1, -0.05) is 17.3 Å². The number of carbonyl (C=O) groups excluding carboxylic acids is 1. The van der Waals surface area contributed by atoms with Gasteiger partial charge in [0.05, 0.1) is 10.9 Å². The van der Waals surface area contributed by atoms with Crippen molar-refractivity contribution < 1.29 is 9.32 Å². The second-order valence-electron chi connectivity index (χ2n) is 6.22. The molecule has 9 nitrogen and oxygen atoms in total. The molecule has 1 aromatic carbocycles. The lowest BCUT2D eigenvalue weighted by atomic mass is 10.2. The molecular weight excluding hydrogens is 382 g/mol. The average molecular weight is 403 g/mol. The van der Waals surface area contributed by atoms with Crippen LogP contribution in [0.25, 0.3) is 10.9 Å². The maximum absolute atomic E-state index is 12.9. The van der Waals surface area contributed by atoms with E-state index in [0.717, 1.165) is 4.57 Å². The summed E-state index contributed by atoms with van der Waals surface area (Å²) in [6.45, 7) is 1.97. The summed E-state index contributed by atoms with van der Waals surface area (Å²) in [7, 11) is 0. The molecule has 0 radical (unpaired) electrons. The van der Waals surface area contributed by atoms with Crippen LogP contribution in [-0.2, 0) is 11.2 Å². The van der Waals surface area contributed by atoms with Crippen LogP contribution < -0.4 is 16.6 Å².